The van der Waals surface area contributed by atoms with Gasteiger partial charge < -0.3 is 14.2 Å². The monoisotopic (exact) mass is 614 g/mol. The van der Waals surface area contributed by atoms with Crippen LogP contribution in [0.1, 0.15) is 103 Å². The van der Waals surface area contributed by atoms with Crippen LogP contribution in [-0.4, -0.2) is 19.8 Å². The van der Waals surface area contributed by atoms with Crippen LogP contribution < -0.4 is 4.74 Å². The molecule has 3 aromatic carbocycles. The number of rotatable bonds is 17. The predicted octanol–water partition coefficient (Wildman–Crippen LogP) is 11.3. The molecule has 44 heavy (non-hydrogen) atoms. The van der Waals surface area contributed by atoms with Crippen molar-refractivity contribution in [2.75, 3.05) is 19.8 Å². The summed E-state index contributed by atoms with van der Waals surface area (Å²) in [6, 6.07) is 12.1. The first kappa shape index (κ1) is 34.0. The largest absolute Gasteiger partial charge is 0.490 e. The second kappa shape index (κ2) is 17.6. The van der Waals surface area contributed by atoms with Crippen LogP contribution >= 0.6 is 0 Å². The number of halogens is 4. The van der Waals surface area contributed by atoms with Crippen LogP contribution in [0.25, 0.3) is 22.3 Å². The molecule has 7 heteroatoms. The predicted molar refractivity (Wildman–Crippen MR) is 168 cm³/mol. The highest BCUT2D eigenvalue weighted by molar-refractivity contribution is 5.71. The fraction of sp³-hybridized carbons (Fsp3) is 0.514. The van der Waals surface area contributed by atoms with E-state index in [2.05, 4.69) is 13.8 Å². The maximum atomic E-state index is 15.2. The molecule has 0 saturated carbocycles. The summed E-state index contributed by atoms with van der Waals surface area (Å²) in [6.45, 7) is 5.58. The van der Waals surface area contributed by atoms with Gasteiger partial charge in [-0.25, -0.2) is 13.2 Å². The molecule has 1 aliphatic heterocycles. The van der Waals surface area contributed by atoms with Gasteiger partial charge in [-0.2, -0.15) is 4.39 Å². The molecule has 0 radical (unpaired) electrons. The van der Waals surface area contributed by atoms with Crippen molar-refractivity contribution in [3.05, 3.63) is 77.4 Å². The zero-order chi connectivity index (χ0) is 31.3. The number of hydrogen-bond donors (Lipinski definition) is 0. The second-order valence-electron chi connectivity index (χ2n) is 11.8. The lowest BCUT2D eigenvalue weighted by molar-refractivity contribution is -0.207. The lowest BCUT2D eigenvalue weighted by Crippen LogP contribution is -2.27. The quantitative estimate of drug-likeness (QED) is 0.112. The van der Waals surface area contributed by atoms with Crippen molar-refractivity contribution in [1.29, 1.82) is 0 Å². The molecule has 0 spiro atoms. The van der Waals surface area contributed by atoms with Gasteiger partial charge in [0.2, 0.25) is 5.82 Å². The Balaban J connectivity index is 1.35. The molecule has 0 N–H and O–H groups in total. The Bertz CT molecular complexity index is 1300. The molecule has 1 fully saturated rings. The molecular weight excluding hydrogens is 568 g/mol. The molecule has 0 aromatic heterocycles. The zero-order valence-electron chi connectivity index (χ0n) is 26.1. The minimum absolute atomic E-state index is 0.0283. The molecular formula is C37H46F4O3. The van der Waals surface area contributed by atoms with Crippen LogP contribution in [0.3, 0.4) is 0 Å². The van der Waals surface area contributed by atoms with Crippen molar-refractivity contribution >= 4 is 0 Å². The minimum Gasteiger partial charge on any atom is -0.490 e. The standard InChI is InChI=1S/C37H46F4O3/c1-3-5-7-9-11-13-23-42-32-22-21-30(34(39)36(32)41)28-17-15-27(16-18-28)29-19-20-31(35(40)33(29)38)37-43-24-26(25-44-37)14-12-10-8-6-4-2/h15-22,26,37H,3-14,23-25H2,1-2H3. The van der Waals surface area contributed by atoms with Crippen LogP contribution in [0.15, 0.2) is 48.5 Å². The molecule has 3 aromatic rings. The van der Waals surface area contributed by atoms with Crippen molar-refractivity contribution in [3.8, 4) is 28.0 Å². The Labute approximate surface area is 259 Å². The second-order valence-corrected chi connectivity index (χ2v) is 11.8. The molecule has 0 amide bonds. The van der Waals surface area contributed by atoms with E-state index in [-0.39, 0.29) is 28.4 Å². The van der Waals surface area contributed by atoms with Crippen molar-refractivity contribution in [2.45, 2.75) is 97.2 Å². The Hall–Kier alpha value is -2.90. The van der Waals surface area contributed by atoms with E-state index in [1.807, 2.05) is 0 Å². The third-order valence-corrected chi connectivity index (χ3v) is 8.36. The summed E-state index contributed by atoms with van der Waals surface area (Å²) < 4.78 is 77.2. The maximum Gasteiger partial charge on any atom is 0.201 e. The Morgan fingerprint density at radius 2 is 1.11 bits per heavy atom. The SMILES string of the molecule is CCCCCCCCOc1ccc(-c2ccc(-c3ccc(C4OCC(CCCCCCC)CO4)c(F)c3F)cc2)c(F)c1F. The molecule has 0 atom stereocenters. The van der Waals surface area contributed by atoms with Crippen molar-refractivity contribution < 1.29 is 31.8 Å². The third-order valence-electron chi connectivity index (χ3n) is 8.36. The smallest absolute Gasteiger partial charge is 0.201 e. The van der Waals surface area contributed by atoms with E-state index in [1.165, 1.54) is 69.2 Å². The Morgan fingerprint density at radius 3 is 1.73 bits per heavy atom. The first-order valence-electron chi connectivity index (χ1n) is 16.4. The molecule has 240 valence electrons. The summed E-state index contributed by atoms with van der Waals surface area (Å²) in [5.74, 6) is -3.93. The summed E-state index contributed by atoms with van der Waals surface area (Å²) in [5.41, 5.74) is 0.970. The summed E-state index contributed by atoms with van der Waals surface area (Å²) >= 11 is 0. The molecule has 4 rings (SSSR count). The van der Waals surface area contributed by atoms with Crippen LogP contribution in [0.5, 0.6) is 5.75 Å². The Kier molecular flexibility index (Phi) is 13.6. The number of ether oxygens (including phenoxy) is 3. The van der Waals surface area contributed by atoms with E-state index >= 15 is 8.78 Å². The number of benzene rings is 3. The topological polar surface area (TPSA) is 27.7 Å². The molecule has 0 bridgehead atoms. The van der Waals surface area contributed by atoms with Gasteiger partial charge >= 0.3 is 0 Å². The van der Waals surface area contributed by atoms with Crippen LogP contribution in [0.4, 0.5) is 17.6 Å². The molecule has 1 heterocycles. The highest BCUT2D eigenvalue weighted by atomic mass is 19.2. The van der Waals surface area contributed by atoms with Gasteiger partial charge in [-0.1, -0.05) is 114 Å². The number of hydrogen-bond acceptors (Lipinski definition) is 3. The zero-order valence-corrected chi connectivity index (χ0v) is 26.1. The van der Waals surface area contributed by atoms with Crippen molar-refractivity contribution in [1.82, 2.24) is 0 Å². The first-order valence-corrected chi connectivity index (χ1v) is 16.4. The fourth-order valence-electron chi connectivity index (χ4n) is 5.66. The van der Waals surface area contributed by atoms with Crippen molar-refractivity contribution in [2.24, 2.45) is 5.92 Å². The van der Waals surface area contributed by atoms with Gasteiger partial charge in [-0.3, -0.25) is 0 Å². The summed E-state index contributed by atoms with van der Waals surface area (Å²) in [4.78, 5) is 0. The van der Waals surface area contributed by atoms with Gasteiger partial charge in [0.25, 0.3) is 0 Å². The van der Waals surface area contributed by atoms with Gasteiger partial charge in [0.1, 0.15) is 0 Å². The van der Waals surface area contributed by atoms with Gasteiger partial charge in [-0.15, -0.1) is 0 Å². The van der Waals surface area contributed by atoms with Gasteiger partial charge in [0.15, 0.2) is 29.5 Å². The normalized spacial score (nSPS) is 16.8. The van der Waals surface area contributed by atoms with E-state index in [1.54, 1.807) is 24.3 Å². The van der Waals surface area contributed by atoms with Crippen LogP contribution in [-0.2, 0) is 9.47 Å². The Morgan fingerprint density at radius 1 is 0.591 bits per heavy atom. The van der Waals surface area contributed by atoms with E-state index in [9.17, 15) is 8.78 Å². The van der Waals surface area contributed by atoms with Gasteiger partial charge in [0.05, 0.1) is 19.8 Å². The maximum absolute atomic E-state index is 15.2. The average molecular weight is 615 g/mol. The van der Waals surface area contributed by atoms with E-state index in [0.717, 1.165) is 32.1 Å². The highest BCUT2D eigenvalue weighted by Crippen LogP contribution is 2.35. The van der Waals surface area contributed by atoms with E-state index in [0.29, 0.717) is 30.9 Å². The average Bonchev–Trinajstić information content (AvgIpc) is 3.04. The fourth-order valence-corrected chi connectivity index (χ4v) is 5.66. The molecule has 1 saturated heterocycles. The summed E-state index contributed by atoms with van der Waals surface area (Å²) in [7, 11) is 0. The van der Waals surface area contributed by atoms with E-state index in [4.69, 9.17) is 14.2 Å². The van der Waals surface area contributed by atoms with Crippen LogP contribution in [0, 0.1) is 29.2 Å². The molecule has 3 nitrogen and oxygen atoms in total. The van der Waals surface area contributed by atoms with E-state index < -0.39 is 29.6 Å². The third kappa shape index (κ3) is 9.07. The minimum atomic E-state index is -1.04. The first-order chi connectivity index (χ1) is 21.4. The molecule has 1 aliphatic rings. The van der Waals surface area contributed by atoms with Gasteiger partial charge in [0, 0.05) is 22.6 Å². The van der Waals surface area contributed by atoms with Gasteiger partial charge in [-0.05, 0) is 36.1 Å². The molecule has 0 unspecified atom stereocenters. The number of unbranched alkanes of at least 4 members (excludes halogenated alkanes) is 9. The van der Waals surface area contributed by atoms with Crippen LogP contribution in [0.2, 0.25) is 0 Å². The highest BCUT2D eigenvalue weighted by Gasteiger charge is 2.28. The summed E-state index contributed by atoms with van der Waals surface area (Å²) in [6.07, 6.45) is 12.4. The lowest BCUT2D eigenvalue weighted by atomic mass is 9.98. The summed E-state index contributed by atoms with van der Waals surface area (Å²) in [5, 5.41) is 0. The lowest BCUT2D eigenvalue weighted by Gasteiger charge is -2.30. The van der Waals surface area contributed by atoms with Crippen molar-refractivity contribution in [3.63, 3.8) is 0 Å². The molecule has 0 aliphatic carbocycles.